The van der Waals surface area contributed by atoms with E-state index in [1.807, 2.05) is 12.1 Å². The van der Waals surface area contributed by atoms with E-state index in [4.69, 9.17) is 16.3 Å². The lowest BCUT2D eigenvalue weighted by atomic mass is 10.0. The zero-order valence-electron chi connectivity index (χ0n) is 15.5. The fourth-order valence-electron chi connectivity index (χ4n) is 3.42. The highest BCUT2D eigenvalue weighted by molar-refractivity contribution is 6.31. The van der Waals surface area contributed by atoms with Crippen molar-refractivity contribution in [2.45, 2.75) is 12.8 Å². The number of pyridine rings is 1. The SMILES string of the molecule is COc1ccc(Cl)cc1NC(=O)c1ccc(N2CCCc3ccccc32)nc1. The first-order valence-electron chi connectivity index (χ1n) is 9.12. The van der Waals surface area contributed by atoms with E-state index in [1.54, 1.807) is 37.6 Å². The maximum atomic E-state index is 12.6. The zero-order valence-corrected chi connectivity index (χ0v) is 16.2. The molecule has 0 saturated heterocycles. The van der Waals surface area contributed by atoms with E-state index in [0.29, 0.717) is 22.0 Å². The number of methoxy groups -OCH3 is 1. The monoisotopic (exact) mass is 393 g/mol. The van der Waals surface area contributed by atoms with Gasteiger partial charge in [0.2, 0.25) is 0 Å². The molecule has 1 aliphatic rings. The van der Waals surface area contributed by atoms with Crippen LogP contribution in [-0.4, -0.2) is 24.5 Å². The molecule has 3 aromatic rings. The summed E-state index contributed by atoms with van der Waals surface area (Å²) in [5.41, 5.74) is 3.50. The van der Waals surface area contributed by atoms with Crippen molar-refractivity contribution >= 4 is 34.7 Å². The molecule has 0 atom stereocenters. The molecule has 28 heavy (non-hydrogen) atoms. The molecule has 5 nitrogen and oxygen atoms in total. The first-order chi connectivity index (χ1) is 13.7. The Bertz CT molecular complexity index is 1000. The van der Waals surface area contributed by atoms with Crippen molar-refractivity contribution in [1.29, 1.82) is 0 Å². The van der Waals surface area contributed by atoms with E-state index in [-0.39, 0.29) is 5.91 Å². The minimum atomic E-state index is -0.265. The third kappa shape index (κ3) is 3.66. The number of carbonyl (C=O) groups is 1. The van der Waals surface area contributed by atoms with Gasteiger partial charge in [0, 0.05) is 23.5 Å². The molecule has 1 aliphatic heterocycles. The molecule has 0 aliphatic carbocycles. The molecule has 6 heteroatoms. The molecule has 0 bridgehead atoms. The van der Waals surface area contributed by atoms with Crippen molar-refractivity contribution in [1.82, 2.24) is 4.98 Å². The highest BCUT2D eigenvalue weighted by Crippen LogP contribution is 2.32. The fourth-order valence-corrected chi connectivity index (χ4v) is 3.60. The predicted octanol–water partition coefficient (Wildman–Crippen LogP) is 5.08. The Labute approximate surface area is 168 Å². The Morgan fingerprint density at radius 2 is 2.04 bits per heavy atom. The van der Waals surface area contributed by atoms with Crippen LogP contribution in [0.2, 0.25) is 5.02 Å². The molecular formula is C22H20ClN3O2. The average molecular weight is 394 g/mol. The molecule has 2 heterocycles. The van der Waals surface area contributed by atoms with Gasteiger partial charge >= 0.3 is 0 Å². The average Bonchev–Trinajstić information content (AvgIpc) is 2.73. The molecule has 1 N–H and O–H groups in total. The summed E-state index contributed by atoms with van der Waals surface area (Å²) in [6.45, 7) is 0.912. The lowest BCUT2D eigenvalue weighted by Crippen LogP contribution is -2.25. The molecular weight excluding hydrogens is 374 g/mol. The van der Waals surface area contributed by atoms with Gasteiger partial charge in [0.25, 0.3) is 5.91 Å². The number of ether oxygens (including phenoxy) is 1. The fraction of sp³-hybridized carbons (Fsp3) is 0.182. The van der Waals surface area contributed by atoms with Gasteiger partial charge in [-0.05, 0) is 54.8 Å². The number of para-hydroxylation sites is 1. The summed E-state index contributed by atoms with van der Waals surface area (Å²) < 4.78 is 5.27. The Balaban J connectivity index is 1.54. The second-order valence-corrected chi connectivity index (χ2v) is 7.02. The lowest BCUT2D eigenvalue weighted by Gasteiger charge is -2.30. The Morgan fingerprint density at radius 3 is 2.82 bits per heavy atom. The van der Waals surface area contributed by atoms with E-state index in [2.05, 4.69) is 33.4 Å². The summed E-state index contributed by atoms with van der Waals surface area (Å²) >= 11 is 6.03. The number of benzene rings is 2. The quantitative estimate of drug-likeness (QED) is 0.671. The summed E-state index contributed by atoms with van der Waals surface area (Å²) in [5.74, 6) is 1.12. The second kappa shape index (κ2) is 7.90. The molecule has 0 unspecified atom stereocenters. The summed E-state index contributed by atoms with van der Waals surface area (Å²) in [6, 6.07) is 17.1. The minimum Gasteiger partial charge on any atom is -0.495 e. The van der Waals surface area contributed by atoms with E-state index < -0.39 is 0 Å². The van der Waals surface area contributed by atoms with Crippen LogP contribution < -0.4 is 15.0 Å². The number of nitrogens with one attached hydrogen (secondary N) is 1. The van der Waals surface area contributed by atoms with Crippen LogP contribution in [0.25, 0.3) is 0 Å². The Kier molecular flexibility index (Phi) is 5.17. The van der Waals surface area contributed by atoms with Crippen LogP contribution in [0.1, 0.15) is 22.3 Å². The predicted molar refractivity (Wildman–Crippen MR) is 112 cm³/mol. The zero-order chi connectivity index (χ0) is 19.5. The van der Waals surface area contributed by atoms with Gasteiger partial charge in [-0.25, -0.2) is 4.98 Å². The Morgan fingerprint density at radius 1 is 1.18 bits per heavy atom. The smallest absolute Gasteiger partial charge is 0.257 e. The third-order valence-corrected chi connectivity index (χ3v) is 5.04. The minimum absolute atomic E-state index is 0.265. The largest absolute Gasteiger partial charge is 0.495 e. The van der Waals surface area contributed by atoms with Crippen LogP contribution in [0, 0.1) is 0 Å². The number of carbonyl (C=O) groups excluding carboxylic acids is 1. The van der Waals surface area contributed by atoms with Crippen molar-refractivity contribution in [3.8, 4) is 5.75 Å². The molecule has 4 rings (SSSR count). The number of hydrogen-bond acceptors (Lipinski definition) is 4. The normalized spacial score (nSPS) is 13.0. The third-order valence-electron chi connectivity index (χ3n) is 4.81. The molecule has 142 valence electrons. The van der Waals surface area contributed by atoms with Gasteiger partial charge < -0.3 is 15.0 Å². The lowest BCUT2D eigenvalue weighted by molar-refractivity contribution is 0.102. The highest BCUT2D eigenvalue weighted by atomic mass is 35.5. The topological polar surface area (TPSA) is 54.5 Å². The van der Waals surface area contributed by atoms with E-state index >= 15 is 0 Å². The number of nitrogens with zero attached hydrogens (tertiary/aromatic N) is 2. The summed E-state index contributed by atoms with van der Waals surface area (Å²) in [4.78, 5) is 19.3. The number of hydrogen-bond donors (Lipinski definition) is 1. The van der Waals surface area contributed by atoms with Crippen LogP contribution in [0.5, 0.6) is 5.75 Å². The van der Waals surface area contributed by atoms with Gasteiger partial charge in [0.05, 0.1) is 18.4 Å². The van der Waals surface area contributed by atoms with Gasteiger partial charge in [-0.2, -0.15) is 0 Å². The number of aromatic nitrogens is 1. The van der Waals surface area contributed by atoms with Crippen molar-refractivity contribution in [3.05, 3.63) is 76.9 Å². The summed E-state index contributed by atoms with van der Waals surface area (Å²) in [7, 11) is 1.55. The number of aryl methyl sites for hydroxylation is 1. The molecule has 1 amide bonds. The van der Waals surface area contributed by atoms with Crippen molar-refractivity contribution in [3.63, 3.8) is 0 Å². The van der Waals surface area contributed by atoms with E-state index in [9.17, 15) is 4.79 Å². The second-order valence-electron chi connectivity index (χ2n) is 6.59. The van der Waals surface area contributed by atoms with Gasteiger partial charge in [-0.1, -0.05) is 29.8 Å². The maximum Gasteiger partial charge on any atom is 0.257 e. The number of fused-ring (bicyclic) bond motifs is 1. The van der Waals surface area contributed by atoms with Crippen LogP contribution in [0.15, 0.2) is 60.8 Å². The van der Waals surface area contributed by atoms with Crippen molar-refractivity contribution in [2.24, 2.45) is 0 Å². The van der Waals surface area contributed by atoms with Gasteiger partial charge in [-0.3, -0.25) is 4.79 Å². The maximum absolute atomic E-state index is 12.6. The summed E-state index contributed by atoms with van der Waals surface area (Å²) in [5, 5.41) is 3.35. The van der Waals surface area contributed by atoms with Gasteiger partial charge in [0.15, 0.2) is 0 Å². The molecule has 0 radical (unpaired) electrons. The molecule has 0 saturated carbocycles. The number of anilines is 3. The van der Waals surface area contributed by atoms with Crippen LogP contribution in [0.4, 0.5) is 17.2 Å². The molecule has 0 fully saturated rings. The number of rotatable bonds is 4. The first-order valence-corrected chi connectivity index (χ1v) is 9.50. The Hall–Kier alpha value is -3.05. The van der Waals surface area contributed by atoms with Crippen LogP contribution >= 0.6 is 11.6 Å². The molecule has 0 spiro atoms. The van der Waals surface area contributed by atoms with Crippen LogP contribution in [-0.2, 0) is 6.42 Å². The summed E-state index contributed by atoms with van der Waals surface area (Å²) in [6.07, 6.45) is 3.75. The number of amides is 1. The molecule has 2 aromatic carbocycles. The van der Waals surface area contributed by atoms with E-state index in [1.165, 1.54) is 11.3 Å². The van der Waals surface area contributed by atoms with Gasteiger partial charge in [0.1, 0.15) is 11.6 Å². The van der Waals surface area contributed by atoms with E-state index in [0.717, 1.165) is 25.2 Å². The van der Waals surface area contributed by atoms with Crippen molar-refractivity contribution < 1.29 is 9.53 Å². The first kappa shape index (κ1) is 18.3. The number of halogens is 1. The van der Waals surface area contributed by atoms with Crippen molar-refractivity contribution in [2.75, 3.05) is 23.9 Å². The standard InChI is InChI=1S/C22H20ClN3O2/c1-28-20-10-9-17(23)13-18(20)25-22(27)16-8-11-21(24-14-16)26-12-4-6-15-5-2-3-7-19(15)26/h2-3,5,7-11,13-14H,4,6,12H2,1H3,(H,25,27). The highest BCUT2D eigenvalue weighted by Gasteiger charge is 2.19. The van der Waals surface area contributed by atoms with Gasteiger partial charge in [-0.15, -0.1) is 0 Å². The van der Waals surface area contributed by atoms with Crippen LogP contribution in [0.3, 0.4) is 0 Å². The molecule has 1 aromatic heterocycles.